The van der Waals surface area contributed by atoms with Crippen molar-refractivity contribution in [1.82, 2.24) is 4.90 Å². The van der Waals surface area contributed by atoms with E-state index in [2.05, 4.69) is 31.2 Å². The Kier molecular flexibility index (Phi) is 6.53. The highest BCUT2D eigenvalue weighted by molar-refractivity contribution is 5.81. The Balaban J connectivity index is 3.14. The molecule has 0 aliphatic carbocycles. The Morgan fingerprint density at radius 3 is 2.43 bits per heavy atom. The van der Waals surface area contributed by atoms with E-state index in [1.807, 2.05) is 49.8 Å². The first-order valence-corrected chi connectivity index (χ1v) is 6.99. The summed E-state index contributed by atoms with van der Waals surface area (Å²) in [7, 11) is 5.82. The van der Waals surface area contributed by atoms with Crippen LogP contribution in [0.1, 0.15) is 18.1 Å². The molecule has 1 rings (SSSR count). The molecular weight excluding hydrogens is 264 g/mol. The van der Waals surface area contributed by atoms with Crippen LogP contribution in [0.2, 0.25) is 0 Å². The van der Waals surface area contributed by atoms with Crippen LogP contribution in [0.15, 0.2) is 42.5 Å². The fourth-order valence-corrected chi connectivity index (χ4v) is 1.78. The van der Waals surface area contributed by atoms with Crippen LogP contribution >= 0.6 is 0 Å². The molecule has 21 heavy (non-hydrogen) atoms. The van der Waals surface area contributed by atoms with Crippen LogP contribution in [0.3, 0.4) is 0 Å². The third kappa shape index (κ3) is 5.73. The number of hydrogen-bond acceptors (Lipinski definition) is 3. The number of benzene rings is 1. The highest BCUT2D eigenvalue weighted by Crippen LogP contribution is 2.19. The minimum absolute atomic E-state index is 0.0946. The fraction of sp³-hybridized carbons (Fsp3) is 0.353. The van der Waals surface area contributed by atoms with Crippen LogP contribution in [0.4, 0.5) is 0 Å². The van der Waals surface area contributed by atoms with Gasteiger partial charge in [0.25, 0.3) is 5.95 Å². The van der Waals surface area contributed by atoms with Crippen molar-refractivity contribution in [3.05, 3.63) is 53.6 Å². The Labute approximate surface area is 127 Å². The molecule has 1 aromatic carbocycles. The number of aliphatic hydroxyl groups is 1. The van der Waals surface area contributed by atoms with E-state index in [0.29, 0.717) is 6.61 Å². The van der Waals surface area contributed by atoms with Crippen molar-refractivity contribution in [2.24, 2.45) is 0 Å². The third-order valence-corrected chi connectivity index (χ3v) is 2.85. The largest absolute Gasteiger partial charge is 0.480 e. The van der Waals surface area contributed by atoms with Crippen LogP contribution in [-0.4, -0.2) is 48.5 Å². The van der Waals surface area contributed by atoms with Gasteiger partial charge < -0.3 is 14.7 Å². The van der Waals surface area contributed by atoms with Gasteiger partial charge in [-0.15, -0.1) is 0 Å². The summed E-state index contributed by atoms with van der Waals surface area (Å²) < 4.78 is 7.04. The Hall–Kier alpha value is -2.23. The van der Waals surface area contributed by atoms with Gasteiger partial charge in [-0.25, -0.2) is 4.58 Å². The van der Waals surface area contributed by atoms with Gasteiger partial charge in [-0.2, -0.15) is 0 Å². The molecule has 0 aliphatic rings. The maximum atomic E-state index is 9.69. The number of rotatable bonds is 6. The van der Waals surface area contributed by atoms with Crippen molar-refractivity contribution < 1.29 is 14.4 Å². The predicted molar refractivity (Wildman–Crippen MR) is 87.4 cm³/mol. The zero-order valence-corrected chi connectivity index (χ0v) is 13.5. The molecule has 1 N–H and O–H groups in total. The number of aliphatic hydroxyl groups excluding tert-OH is 1. The molecule has 0 aromatic heterocycles. The Morgan fingerprint density at radius 2 is 1.90 bits per heavy atom. The summed E-state index contributed by atoms with van der Waals surface area (Å²) in [5, 5.41) is 9.69. The Morgan fingerprint density at radius 1 is 1.29 bits per heavy atom. The summed E-state index contributed by atoms with van der Waals surface area (Å²) in [6.45, 7) is 4.33. The van der Waals surface area contributed by atoms with Gasteiger partial charge in [-0.05, 0) is 19.4 Å². The van der Waals surface area contributed by atoms with Gasteiger partial charge in [-0.3, -0.25) is 0 Å². The van der Waals surface area contributed by atoms with Crippen LogP contribution < -0.4 is 0 Å². The molecule has 0 unspecified atom stereocenters. The summed E-state index contributed by atoms with van der Waals surface area (Å²) in [4.78, 5) is 1.84. The number of nitrogens with zero attached hydrogens (tertiary/aromatic N) is 2. The van der Waals surface area contributed by atoms with E-state index in [1.165, 1.54) is 5.56 Å². The first kappa shape index (κ1) is 16.8. The lowest BCUT2D eigenvalue weighted by Gasteiger charge is -2.18. The summed E-state index contributed by atoms with van der Waals surface area (Å²) in [5.41, 5.74) is 3.25. The van der Waals surface area contributed by atoms with Gasteiger partial charge >= 0.3 is 0 Å². The van der Waals surface area contributed by atoms with Crippen LogP contribution in [0.5, 0.6) is 0 Å². The minimum atomic E-state index is -0.0946. The standard InChI is InChI=1S/C17H24N2O2/c1-6-21-17(20)13-19(5)16(11-12-18(3)4)15-9-7-14(2)8-10-15/h7-13H,6H2,1-5H3/p+1/b17-13+. The highest BCUT2D eigenvalue weighted by Gasteiger charge is 2.07. The van der Waals surface area contributed by atoms with Crippen LogP contribution in [0.25, 0.3) is 5.70 Å². The van der Waals surface area contributed by atoms with Gasteiger partial charge in [0.2, 0.25) is 0 Å². The summed E-state index contributed by atoms with van der Waals surface area (Å²) in [6, 6.07) is 8.26. The molecule has 0 atom stereocenters. The molecule has 0 aliphatic heterocycles. The van der Waals surface area contributed by atoms with E-state index in [1.54, 1.807) is 6.20 Å². The third-order valence-electron chi connectivity index (χ3n) is 2.85. The number of aryl methyl sites for hydroxylation is 1. The van der Waals surface area contributed by atoms with E-state index >= 15 is 0 Å². The number of hydrogen-bond donors (Lipinski definition) is 1. The lowest BCUT2D eigenvalue weighted by atomic mass is 10.1. The monoisotopic (exact) mass is 289 g/mol. The molecular formula is C17H25N2O2+. The molecule has 0 saturated heterocycles. The molecule has 4 nitrogen and oxygen atoms in total. The van der Waals surface area contributed by atoms with Crippen molar-refractivity contribution >= 4 is 11.9 Å². The summed E-state index contributed by atoms with van der Waals surface area (Å²) >= 11 is 0. The van der Waals surface area contributed by atoms with E-state index in [0.717, 1.165) is 11.3 Å². The molecule has 0 fully saturated rings. The summed E-state index contributed by atoms with van der Waals surface area (Å²) in [5.74, 6) is -0.0946. The van der Waals surface area contributed by atoms with E-state index < -0.39 is 0 Å². The molecule has 0 saturated carbocycles. The minimum Gasteiger partial charge on any atom is -0.480 e. The normalized spacial score (nSPS) is 12.0. The number of ether oxygens (including phenoxy) is 1. The maximum absolute atomic E-state index is 9.69. The van der Waals surface area contributed by atoms with Crippen LogP contribution in [0, 0.1) is 6.92 Å². The van der Waals surface area contributed by atoms with Crippen molar-refractivity contribution in [2.75, 3.05) is 27.7 Å². The second-order valence-electron chi connectivity index (χ2n) is 5.04. The molecule has 0 amide bonds. The van der Waals surface area contributed by atoms with Crippen molar-refractivity contribution in [3.63, 3.8) is 0 Å². The van der Waals surface area contributed by atoms with Gasteiger partial charge in [0.1, 0.15) is 14.1 Å². The maximum Gasteiger partial charge on any atom is 0.293 e. The van der Waals surface area contributed by atoms with Gasteiger partial charge in [0.05, 0.1) is 18.5 Å². The second-order valence-corrected chi connectivity index (χ2v) is 5.04. The van der Waals surface area contributed by atoms with Crippen molar-refractivity contribution in [1.29, 1.82) is 0 Å². The summed E-state index contributed by atoms with van der Waals surface area (Å²) in [6.07, 6.45) is 5.54. The first-order valence-electron chi connectivity index (χ1n) is 6.99. The number of allylic oxidation sites excluding steroid dienone is 1. The average Bonchev–Trinajstić information content (AvgIpc) is 2.40. The van der Waals surface area contributed by atoms with E-state index in [-0.39, 0.29) is 5.95 Å². The van der Waals surface area contributed by atoms with Gasteiger partial charge in [0, 0.05) is 13.1 Å². The molecule has 0 spiro atoms. The topological polar surface area (TPSA) is 35.7 Å². The predicted octanol–water partition coefficient (Wildman–Crippen LogP) is 3.00. The van der Waals surface area contributed by atoms with Gasteiger partial charge in [0.15, 0.2) is 6.21 Å². The SMILES string of the molecule is CCO/C(O)=C/N(C)/C(=C\C=[N+](C)C)c1ccc(C)cc1. The molecule has 1 aromatic rings. The molecule has 114 valence electrons. The lowest BCUT2D eigenvalue weighted by Crippen LogP contribution is -2.12. The fourth-order valence-electron chi connectivity index (χ4n) is 1.78. The molecule has 0 heterocycles. The Bertz CT molecular complexity index is 538. The highest BCUT2D eigenvalue weighted by atomic mass is 16.6. The molecule has 4 heteroatoms. The first-order chi connectivity index (χ1) is 9.93. The van der Waals surface area contributed by atoms with Crippen LogP contribution in [-0.2, 0) is 4.74 Å². The smallest absolute Gasteiger partial charge is 0.293 e. The van der Waals surface area contributed by atoms with Crippen molar-refractivity contribution in [2.45, 2.75) is 13.8 Å². The van der Waals surface area contributed by atoms with E-state index in [4.69, 9.17) is 4.74 Å². The average molecular weight is 289 g/mol. The van der Waals surface area contributed by atoms with E-state index in [9.17, 15) is 5.11 Å². The molecule has 0 radical (unpaired) electrons. The zero-order chi connectivity index (χ0) is 15.8. The van der Waals surface area contributed by atoms with Crippen molar-refractivity contribution in [3.8, 4) is 0 Å². The molecule has 0 bridgehead atoms. The quantitative estimate of drug-likeness (QED) is 0.497. The lowest BCUT2D eigenvalue weighted by molar-refractivity contribution is -0.458. The second kappa shape index (κ2) is 8.15. The zero-order valence-electron chi connectivity index (χ0n) is 13.5. The van der Waals surface area contributed by atoms with Gasteiger partial charge in [-0.1, -0.05) is 29.8 Å².